The van der Waals surface area contributed by atoms with Crippen LogP contribution in [0.4, 0.5) is 5.69 Å². The molecule has 26 heavy (non-hydrogen) atoms. The Morgan fingerprint density at radius 1 is 1.23 bits per heavy atom. The van der Waals surface area contributed by atoms with Gasteiger partial charge in [0.1, 0.15) is 5.75 Å². The second-order valence-corrected chi connectivity index (χ2v) is 6.71. The van der Waals surface area contributed by atoms with E-state index in [9.17, 15) is 4.79 Å². The first-order chi connectivity index (χ1) is 12.7. The molecule has 2 heterocycles. The number of fused-ring (bicyclic) bond motifs is 1. The summed E-state index contributed by atoms with van der Waals surface area (Å²) in [5, 5.41) is 5.84. The van der Waals surface area contributed by atoms with Crippen molar-refractivity contribution in [3.05, 3.63) is 52.9 Å². The van der Waals surface area contributed by atoms with Crippen LogP contribution in [0.15, 0.2) is 47.8 Å². The number of aromatic nitrogens is 1. The summed E-state index contributed by atoms with van der Waals surface area (Å²) in [4.78, 5) is 16.8. The minimum Gasteiger partial charge on any atom is -0.484 e. The van der Waals surface area contributed by atoms with Crippen LogP contribution in [0.5, 0.6) is 17.2 Å². The minimum absolute atomic E-state index is 0.107. The number of ether oxygens (including phenoxy) is 3. The van der Waals surface area contributed by atoms with Crippen molar-refractivity contribution in [2.75, 3.05) is 18.7 Å². The van der Waals surface area contributed by atoms with Crippen molar-refractivity contribution in [2.45, 2.75) is 6.92 Å². The maximum Gasteiger partial charge on any atom is 0.262 e. The lowest BCUT2D eigenvalue weighted by Gasteiger charge is -2.11. The maximum absolute atomic E-state index is 12.3. The Kier molecular flexibility index (Phi) is 4.45. The van der Waals surface area contributed by atoms with E-state index in [1.54, 1.807) is 29.5 Å². The number of nitrogens with one attached hydrogen (secondary N) is 1. The van der Waals surface area contributed by atoms with Gasteiger partial charge in [-0.05, 0) is 25.1 Å². The molecule has 0 saturated heterocycles. The monoisotopic (exact) mass is 368 g/mol. The number of carbonyl (C=O) groups is 1. The second-order valence-electron chi connectivity index (χ2n) is 5.65. The zero-order valence-corrected chi connectivity index (χ0v) is 14.8. The van der Waals surface area contributed by atoms with Crippen LogP contribution < -0.4 is 19.5 Å². The van der Waals surface area contributed by atoms with Gasteiger partial charge in [0.25, 0.3) is 5.91 Å². The Balaban J connectivity index is 1.42. The largest absolute Gasteiger partial charge is 0.484 e. The summed E-state index contributed by atoms with van der Waals surface area (Å²) in [6.07, 6.45) is 0. The first kappa shape index (κ1) is 16.4. The van der Waals surface area contributed by atoms with Gasteiger partial charge in [-0.3, -0.25) is 4.79 Å². The fourth-order valence-electron chi connectivity index (χ4n) is 2.60. The highest BCUT2D eigenvalue weighted by atomic mass is 32.1. The minimum atomic E-state index is -0.248. The fourth-order valence-corrected chi connectivity index (χ4v) is 3.22. The van der Waals surface area contributed by atoms with Gasteiger partial charge < -0.3 is 19.5 Å². The quantitative estimate of drug-likeness (QED) is 0.740. The Morgan fingerprint density at radius 2 is 2.08 bits per heavy atom. The van der Waals surface area contributed by atoms with Crippen LogP contribution >= 0.6 is 11.3 Å². The normalized spacial score (nSPS) is 12.0. The highest BCUT2D eigenvalue weighted by Gasteiger charge is 2.15. The standard InChI is InChI=1S/C19H16N2O4S/c1-12-20-16(10-26-12)14-4-2-3-5-15(14)21-19(22)9-23-13-6-7-17-18(8-13)25-11-24-17/h2-8,10H,9,11H2,1H3,(H,21,22). The highest BCUT2D eigenvalue weighted by Crippen LogP contribution is 2.35. The number of para-hydroxylation sites is 1. The molecule has 4 rings (SSSR count). The van der Waals surface area contributed by atoms with E-state index in [-0.39, 0.29) is 19.3 Å². The van der Waals surface area contributed by atoms with E-state index in [2.05, 4.69) is 10.3 Å². The highest BCUT2D eigenvalue weighted by molar-refractivity contribution is 7.09. The second kappa shape index (κ2) is 7.05. The molecule has 0 saturated carbocycles. The van der Waals surface area contributed by atoms with Crippen molar-refractivity contribution < 1.29 is 19.0 Å². The molecule has 1 aliphatic rings. The van der Waals surface area contributed by atoms with Gasteiger partial charge in [-0.15, -0.1) is 11.3 Å². The molecule has 1 N–H and O–H groups in total. The van der Waals surface area contributed by atoms with Gasteiger partial charge in [-0.1, -0.05) is 18.2 Å². The van der Waals surface area contributed by atoms with Gasteiger partial charge in [-0.2, -0.15) is 0 Å². The van der Waals surface area contributed by atoms with Crippen molar-refractivity contribution in [1.82, 2.24) is 4.98 Å². The lowest BCUT2D eigenvalue weighted by Crippen LogP contribution is -2.20. The first-order valence-corrected chi connectivity index (χ1v) is 8.91. The summed E-state index contributed by atoms with van der Waals surface area (Å²) in [7, 11) is 0. The molecule has 132 valence electrons. The number of amides is 1. The number of hydrogen-bond acceptors (Lipinski definition) is 6. The number of benzene rings is 2. The number of aryl methyl sites for hydroxylation is 1. The smallest absolute Gasteiger partial charge is 0.262 e. The number of anilines is 1. The van der Waals surface area contributed by atoms with Crippen LogP contribution in [-0.4, -0.2) is 24.3 Å². The summed E-state index contributed by atoms with van der Waals surface area (Å²) >= 11 is 1.57. The molecule has 0 aliphatic carbocycles. The number of carbonyl (C=O) groups excluding carboxylic acids is 1. The first-order valence-electron chi connectivity index (χ1n) is 8.03. The maximum atomic E-state index is 12.3. The van der Waals surface area contributed by atoms with E-state index in [4.69, 9.17) is 14.2 Å². The van der Waals surface area contributed by atoms with Crippen molar-refractivity contribution >= 4 is 22.9 Å². The molecular formula is C19H16N2O4S. The molecule has 0 atom stereocenters. The molecule has 0 radical (unpaired) electrons. The predicted octanol–water partition coefficient (Wildman–Crippen LogP) is 3.86. The van der Waals surface area contributed by atoms with E-state index in [0.717, 1.165) is 16.3 Å². The summed E-state index contributed by atoms with van der Waals surface area (Å²) in [6.45, 7) is 2.05. The lowest BCUT2D eigenvalue weighted by molar-refractivity contribution is -0.118. The molecule has 0 fully saturated rings. The van der Waals surface area contributed by atoms with Crippen LogP contribution in [0.2, 0.25) is 0 Å². The fraction of sp³-hybridized carbons (Fsp3) is 0.158. The summed E-state index contributed by atoms with van der Waals surface area (Å²) < 4.78 is 16.1. The van der Waals surface area contributed by atoms with E-state index in [1.807, 2.05) is 36.6 Å². The number of hydrogen-bond donors (Lipinski definition) is 1. The third-order valence-electron chi connectivity index (χ3n) is 3.81. The van der Waals surface area contributed by atoms with E-state index < -0.39 is 0 Å². The van der Waals surface area contributed by atoms with Gasteiger partial charge in [-0.25, -0.2) is 4.98 Å². The molecule has 3 aromatic rings. The zero-order valence-electron chi connectivity index (χ0n) is 14.0. The molecule has 1 aliphatic heterocycles. The molecular weight excluding hydrogens is 352 g/mol. The lowest BCUT2D eigenvalue weighted by atomic mass is 10.1. The number of thiazole rings is 1. The van der Waals surface area contributed by atoms with Crippen LogP contribution in [-0.2, 0) is 4.79 Å². The predicted molar refractivity (Wildman–Crippen MR) is 99.0 cm³/mol. The van der Waals surface area contributed by atoms with Gasteiger partial charge in [0, 0.05) is 17.0 Å². The molecule has 0 bridgehead atoms. The Hall–Kier alpha value is -3.06. The molecule has 2 aromatic carbocycles. The van der Waals surface area contributed by atoms with Gasteiger partial charge in [0.05, 0.1) is 16.4 Å². The van der Waals surface area contributed by atoms with E-state index in [0.29, 0.717) is 22.9 Å². The Bertz CT molecular complexity index is 954. The molecule has 1 aromatic heterocycles. The van der Waals surface area contributed by atoms with Gasteiger partial charge in [0.15, 0.2) is 18.1 Å². The molecule has 0 unspecified atom stereocenters. The molecule has 7 heteroatoms. The SMILES string of the molecule is Cc1nc(-c2ccccc2NC(=O)COc2ccc3c(c2)OCO3)cs1. The zero-order chi connectivity index (χ0) is 17.9. The van der Waals surface area contributed by atoms with Crippen LogP contribution in [0.25, 0.3) is 11.3 Å². The van der Waals surface area contributed by atoms with Crippen molar-refractivity contribution in [1.29, 1.82) is 0 Å². The average molecular weight is 368 g/mol. The topological polar surface area (TPSA) is 69.7 Å². The van der Waals surface area contributed by atoms with E-state index in [1.165, 1.54) is 0 Å². The average Bonchev–Trinajstić information content (AvgIpc) is 3.28. The van der Waals surface area contributed by atoms with Crippen LogP contribution in [0.3, 0.4) is 0 Å². The van der Waals surface area contributed by atoms with Crippen molar-refractivity contribution in [3.63, 3.8) is 0 Å². The number of nitrogens with zero attached hydrogens (tertiary/aromatic N) is 1. The van der Waals surface area contributed by atoms with Gasteiger partial charge >= 0.3 is 0 Å². The Morgan fingerprint density at radius 3 is 2.92 bits per heavy atom. The summed E-state index contributed by atoms with van der Waals surface area (Å²) in [5.41, 5.74) is 2.44. The summed E-state index contributed by atoms with van der Waals surface area (Å²) in [5.74, 6) is 1.59. The number of rotatable bonds is 5. The molecule has 1 amide bonds. The van der Waals surface area contributed by atoms with E-state index >= 15 is 0 Å². The van der Waals surface area contributed by atoms with Crippen molar-refractivity contribution in [3.8, 4) is 28.5 Å². The van der Waals surface area contributed by atoms with Crippen LogP contribution in [0.1, 0.15) is 5.01 Å². The van der Waals surface area contributed by atoms with Gasteiger partial charge in [0.2, 0.25) is 6.79 Å². The molecule has 0 spiro atoms. The van der Waals surface area contributed by atoms with Crippen molar-refractivity contribution in [2.24, 2.45) is 0 Å². The third kappa shape index (κ3) is 3.48. The third-order valence-corrected chi connectivity index (χ3v) is 4.58. The molecule has 6 nitrogen and oxygen atoms in total. The van der Waals surface area contributed by atoms with Crippen LogP contribution in [0, 0.1) is 6.92 Å². The summed E-state index contributed by atoms with van der Waals surface area (Å²) in [6, 6.07) is 12.8. The Labute approximate surface area is 154 Å².